The van der Waals surface area contributed by atoms with Gasteiger partial charge in [-0.1, -0.05) is 37.5 Å². The standard InChI is InChI=1S/C20H30N4O2.HI/c1-2-21-19(23-14-20(26)10-6-3-7-11-20)22-13-15-12-18(25)24-17-9-5-4-8-16(15)17;/h4-5,8-9,15,26H,2-3,6-7,10-14H2,1H3,(H,24,25)(H2,21,22,23);1H. The number of hydrogen-bond donors (Lipinski definition) is 4. The van der Waals surface area contributed by atoms with Crippen LogP contribution in [0.3, 0.4) is 0 Å². The van der Waals surface area contributed by atoms with E-state index in [2.05, 4.69) is 27.0 Å². The van der Waals surface area contributed by atoms with Crippen molar-refractivity contribution in [3.63, 3.8) is 0 Å². The summed E-state index contributed by atoms with van der Waals surface area (Å²) in [6, 6.07) is 7.94. The van der Waals surface area contributed by atoms with Crippen LogP contribution in [0.1, 0.15) is 56.9 Å². The largest absolute Gasteiger partial charge is 0.388 e. The third-order valence-electron chi connectivity index (χ3n) is 5.28. The van der Waals surface area contributed by atoms with E-state index in [-0.39, 0.29) is 35.8 Å². The highest BCUT2D eigenvalue weighted by molar-refractivity contribution is 14.0. The lowest BCUT2D eigenvalue weighted by molar-refractivity contribution is -0.116. The zero-order valence-corrected chi connectivity index (χ0v) is 18.3. The summed E-state index contributed by atoms with van der Waals surface area (Å²) in [5.41, 5.74) is 1.38. The van der Waals surface area contributed by atoms with E-state index in [1.807, 2.05) is 25.1 Å². The van der Waals surface area contributed by atoms with E-state index >= 15 is 0 Å². The molecule has 1 unspecified atom stereocenters. The Balaban J connectivity index is 0.00000261. The molecule has 27 heavy (non-hydrogen) atoms. The SMILES string of the molecule is CCNC(=NCC1(O)CCCCC1)NCC1CC(=O)Nc2ccccc21.I. The molecule has 0 saturated heterocycles. The molecule has 2 aliphatic rings. The average Bonchev–Trinajstić information content (AvgIpc) is 2.64. The summed E-state index contributed by atoms with van der Waals surface area (Å²) in [7, 11) is 0. The number of aliphatic hydroxyl groups is 1. The van der Waals surface area contributed by atoms with Gasteiger partial charge in [-0.15, -0.1) is 24.0 Å². The number of nitrogens with one attached hydrogen (secondary N) is 3. The number of nitrogens with zero attached hydrogens (tertiary/aromatic N) is 1. The van der Waals surface area contributed by atoms with Crippen molar-refractivity contribution in [2.24, 2.45) is 4.99 Å². The number of carbonyl (C=O) groups is 1. The highest BCUT2D eigenvalue weighted by Crippen LogP contribution is 2.31. The molecule has 1 amide bonds. The van der Waals surface area contributed by atoms with Crippen LogP contribution in [0.25, 0.3) is 0 Å². The molecule has 1 aliphatic carbocycles. The smallest absolute Gasteiger partial charge is 0.225 e. The topological polar surface area (TPSA) is 85.8 Å². The van der Waals surface area contributed by atoms with Gasteiger partial charge in [0.05, 0.1) is 12.1 Å². The summed E-state index contributed by atoms with van der Waals surface area (Å²) in [4.78, 5) is 16.6. The van der Waals surface area contributed by atoms with Crippen LogP contribution in [-0.4, -0.2) is 42.2 Å². The Hall–Kier alpha value is -1.35. The number of guanidine groups is 1. The van der Waals surface area contributed by atoms with E-state index in [0.29, 0.717) is 25.5 Å². The van der Waals surface area contributed by atoms with Crippen LogP contribution in [-0.2, 0) is 4.79 Å². The number of para-hydroxylation sites is 1. The van der Waals surface area contributed by atoms with Crippen LogP contribution in [0, 0.1) is 0 Å². The van der Waals surface area contributed by atoms with Gasteiger partial charge in [0.1, 0.15) is 0 Å². The maximum absolute atomic E-state index is 12.0. The molecule has 3 rings (SSSR count). The number of hydrogen-bond acceptors (Lipinski definition) is 3. The molecule has 7 heteroatoms. The van der Waals surface area contributed by atoms with Crippen molar-refractivity contribution in [2.45, 2.75) is 57.0 Å². The zero-order chi connectivity index (χ0) is 18.4. The third-order valence-corrected chi connectivity index (χ3v) is 5.28. The van der Waals surface area contributed by atoms with Gasteiger partial charge in [0.15, 0.2) is 5.96 Å². The minimum Gasteiger partial charge on any atom is -0.388 e. The van der Waals surface area contributed by atoms with E-state index in [1.165, 1.54) is 6.42 Å². The van der Waals surface area contributed by atoms with Crippen molar-refractivity contribution in [1.29, 1.82) is 0 Å². The summed E-state index contributed by atoms with van der Waals surface area (Å²) in [5.74, 6) is 0.866. The molecule has 1 aromatic rings. The van der Waals surface area contributed by atoms with Gasteiger partial charge in [-0.2, -0.15) is 0 Å². The number of carbonyl (C=O) groups excluding carboxylic acids is 1. The van der Waals surface area contributed by atoms with E-state index in [0.717, 1.165) is 43.5 Å². The lowest BCUT2D eigenvalue weighted by Crippen LogP contribution is -2.42. The first-order valence-electron chi connectivity index (χ1n) is 9.73. The van der Waals surface area contributed by atoms with Crippen LogP contribution in [0.2, 0.25) is 0 Å². The number of fused-ring (bicyclic) bond motifs is 1. The van der Waals surface area contributed by atoms with Crippen molar-refractivity contribution in [3.8, 4) is 0 Å². The quantitative estimate of drug-likeness (QED) is 0.293. The second kappa shape index (κ2) is 10.3. The normalized spacial score (nSPS) is 21.5. The van der Waals surface area contributed by atoms with Crippen LogP contribution in [0.5, 0.6) is 0 Å². The van der Waals surface area contributed by atoms with Crippen LogP contribution >= 0.6 is 24.0 Å². The number of amides is 1. The van der Waals surface area contributed by atoms with E-state index < -0.39 is 5.60 Å². The molecule has 0 bridgehead atoms. The molecule has 6 nitrogen and oxygen atoms in total. The number of halogens is 1. The maximum atomic E-state index is 12.0. The summed E-state index contributed by atoms with van der Waals surface area (Å²) in [6.07, 6.45) is 5.47. The first kappa shape index (κ1) is 21.9. The fourth-order valence-corrected chi connectivity index (χ4v) is 3.84. The summed E-state index contributed by atoms with van der Waals surface area (Å²) in [6.45, 7) is 3.83. The van der Waals surface area contributed by atoms with Gasteiger partial charge in [-0.25, -0.2) is 0 Å². The predicted molar refractivity (Wildman–Crippen MR) is 120 cm³/mol. The lowest BCUT2D eigenvalue weighted by Gasteiger charge is -2.31. The fraction of sp³-hybridized carbons (Fsp3) is 0.600. The van der Waals surface area contributed by atoms with Crippen LogP contribution in [0.15, 0.2) is 29.3 Å². The third kappa shape index (κ3) is 6.07. The van der Waals surface area contributed by atoms with Gasteiger partial charge in [0, 0.05) is 31.1 Å². The lowest BCUT2D eigenvalue weighted by atomic mass is 9.85. The van der Waals surface area contributed by atoms with Crippen molar-refractivity contribution in [1.82, 2.24) is 10.6 Å². The predicted octanol–water partition coefficient (Wildman–Crippen LogP) is 2.98. The van der Waals surface area contributed by atoms with Gasteiger partial charge in [0.2, 0.25) is 5.91 Å². The molecule has 1 atom stereocenters. The molecule has 150 valence electrons. The second-order valence-electron chi connectivity index (χ2n) is 7.40. The zero-order valence-electron chi connectivity index (χ0n) is 16.0. The minimum atomic E-state index is -0.669. The van der Waals surface area contributed by atoms with Gasteiger partial charge in [-0.05, 0) is 31.4 Å². The Morgan fingerprint density at radius 3 is 2.74 bits per heavy atom. The van der Waals surface area contributed by atoms with E-state index in [1.54, 1.807) is 0 Å². The molecule has 1 fully saturated rings. The number of anilines is 1. The molecule has 1 heterocycles. The first-order chi connectivity index (χ1) is 12.6. The summed E-state index contributed by atoms with van der Waals surface area (Å²) in [5, 5.41) is 20.2. The summed E-state index contributed by atoms with van der Waals surface area (Å²) < 4.78 is 0. The van der Waals surface area contributed by atoms with Crippen molar-refractivity contribution >= 4 is 41.5 Å². The molecular weight excluding hydrogens is 455 g/mol. The number of benzene rings is 1. The summed E-state index contributed by atoms with van der Waals surface area (Å²) >= 11 is 0. The Bertz CT molecular complexity index is 659. The Kier molecular flexibility index (Phi) is 8.34. The van der Waals surface area contributed by atoms with E-state index in [4.69, 9.17) is 0 Å². The van der Waals surface area contributed by atoms with Crippen LogP contribution in [0.4, 0.5) is 5.69 Å². The molecule has 1 aromatic carbocycles. The highest BCUT2D eigenvalue weighted by Gasteiger charge is 2.29. The first-order valence-corrected chi connectivity index (χ1v) is 9.73. The van der Waals surface area contributed by atoms with E-state index in [9.17, 15) is 9.90 Å². The van der Waals surface area contributed by atoms with Gasteiger partial charge in [-0.3, -0.25) is 9.79 Å². The van der Waals surface area contributed by atoms with Gasteiger partial charge < -0.3 is 21.1 Å². The molecule has 1 saturated carbocycles. The molecule has 0 spiro atoms. The van der Waals surface area contributed by atoms with Crippen molar-refractivity contribution in [3.05, 3.63) is 29.8 Å². The van der Waals surface area contributed by atoms with Gasteiger partial charge >= 0.3 is 0 Å². The maximum Gasteiger partial charge on any atom is 0.225 e. The Labute approximate surface area is 178 Å². The molecular formula is C20H31IN4O2. The average molecular weight is 486 g/mol. The molecule has 4 N–H and O–H groups in total. The highest BCUT2D eigenvalue weighted by atomic mass is 127. The number of aliphatic imine (C=N–C) groups is 1. The van der Waals surface area contributed by atoms with Crippen molar-refractivity contribution in [2.75, 3.05) is 25.0 Å². The Morgan fingerprint density at radius 1 is 1.26 bits per heavy atom. The Morgan fingerprint density at radius 2 is 2.00 bits per heavy atom. The molecule has 0 radical (unpaired) electrons. The van der Waals surface area contributed by atoms with Crippen LogP contribution < -0.4 is 16.0 Å². The monoisotopic (exact) mass is 486 g/mol. The number of rotatable bonds is 5. The second-order valence-corrected chi connectivity index (χ2v) is 7.40. The fourth-order valence-electron chi connectivity index (χ4n) is 3.84. The molecule has 1 aliphatic heterocycles. The van der Waals surface area contributed by atoms with Crippen molar-refractivity contribution < 1.29 is 9.90 Å². The van der Waals surface area contributed by atoms with Gasteiger partial charge in [0.25, 0.3) is 0 Å². The molecule has 0 aromatic heterocycles. The minimum absolute atomic E-state index is 0.